The van der Waals surface area contributed by atoms with E-state index in [-0.39, 0.29) is 17.6 Å². The molecule has 0 bridgehead atoms. The number of aliphatic hydroxyl groups excluding tert-OH is 2. The van der Waals surface area contributed by atoms with Crippen LogP contribution in [0.1, 0.15) is 113 Å². The zero-order valence-corrected chi connectivity index (χ0v) is 22.2. The van der Waals surface area contributed by atoms with E-state index in [9.17, 15) is 10.2 Å². The molecule has 2 nitrogen and oxygen atoms in total. The van der Waals surface area contributed by atoms with Gasteiger partial charge in [0.1, 0.15) is 0 Å². The van der Waals surface area contributed by atoms with Crippen LogP contribution in [-0.4, -0.2) is 22.4 Å². The van der Waals surface area contributed by atoms with Crippen molar-refractivity contribution in [2.24, 2.45) is 51.2 Å². The lowest BCUT2D eigenvalue weighted by atomic mass is 9.38. The van der Waals surface area contributed by atoms with Crippen LogP contribution in [0.15, 0.2) is 12.2 Å². The highest BCUT2D eigenvalue weighted by atomic mass is 16.3. The molecule has 0 radical (unpaired) electrons. The van der Waals surface area contributed by atoms with Crippen molar-refractivity contribution in [1.29, 1.82) is 0 Å². The van der Waals surface area contributed by atoms with Gasteiger partial charge in [0.05, 0.1) is 12.2 Å². The Balaban J connectivity index is 1.56. The molecule has 4 aliphatic rings. The van der Waals surface area contributed by atoms with Crippen molar-refractivity contribution in [3.05, 3.63) is 12.2 Å². The molecule has 4 aliphatic carbocycles. The monoisotopic (exact) mass is 444 g/mol. The molecule has 184 valence electrons. The summed E-state index contributed by atoms with van der Waals surface area (Å²) in [7, 11) is 0. The Hall–Kier alpha value is -0.340. The van der Waals surface area contributed by atoms with Crippen LogP contribution < -0.4 is 0 Å². The predicted octanol–water partition coefficient (Wildman–Crippen LogP) is 7.39. The standard InChI is InChI=1S/C30H52O2/c1-19(2)24(31)11-9-20(3)21-13-17-30(8)23-10-12-25-27(4,5)26(32)15-16-28(25,6)22(23)14-18-29(21,30)7/h20-26,31-32H,1,9-18H2,2-8H3. The molecule has 2 heteroatoms. The van der Waals surface area contributed by atoms with Gasteiger partial charge < -0.3 is 10.2 Å². The number of hydrogen-bond acceptors (Lipinski definition) is 2. The Morgan fingerprint density at radius 3 is 2.19 bits per heavy atom. The van der Waals surface area contributed by atoms with E-state index in [1.165, 1.54) is 44.9 Å². The maximum absolute atomic E-state index is 10.8. The van der Waals surface area contributed by atoms with Gasteiger partial charge in [-0.1, -0.05) is 53.7 Å². The molecule has 10 atom stereocenters. The van der Waals surface area contributed by atoms with E-state index in [0.717, 1.165) is 42.6 Å². The van der Waals surface area contributed by atoms with E-state index >= 15 is 0 Å². The molecule has 0 aromatic heterocycles. The molecule has 0 saturated heterocycles. The van der Waals surface area contributed by atoms with Crippen LogP contribution in [0.25, 0.3) is 0 Å². The average Bonchev–Trinajstić information content (AvgIpc) is 3.00. The van der Waals surface area contributed by atoms with Crippen molar-refractivity contribution in [3.63, 3.8) is 0 Å². The Morgan fingerprint density at radius 1 is 0.875 bits per heavy atom. The van der Waals surface area contributed by atoms with Gasteiger partial charge in [-0.15, -0.1) is 0 Å². The van der Waals surface area contributed by atoms with Crippen molar-refractivity contribution in [1.82, 2.24) is 0 Å². The predicted molar refractivity (Wildman–Crippen MR) is 134 cm³/mol. The van der Waals surface area contributed by atoms with Gasteiger partial charge in [0, 0.05) is 0 Å². The summed E-state index contributed by atoms with van der Waals surface area (Å²) >= 11 is 0. The Labute approximate surface area is 198 Å². The van der Waals surface area contributed by atoms with E-state index in [2.05, 4.69) is 48.1 Å². The van der Waals surface area contributed by atoms with E-state index in [1.54, 1.807) is 0 Å². The van der Waals surface area contributed by atoms with Gasteiger partial charge in [0.25, 0.3) is 0 Å². The molecule has 4 fully saturated rings. The highest BCUT2D eigenvalue weighted by Gasteiger charge is 2.67. The van der Waals surface area contributed by atoms with Crippen molar-refractivity contribution in [2.45, 2.75) is 125 Å². The van der Waals surface area contributed by atoms with Crippen LogP contribution in [0.2, 0.25) is 0 Å². The molecule has 4 saturated carbocycles. The summed E-state index contributed by atoms with van der Waals surface area (Å²) in [5.41, 5.74) is 2.22. The average molecular weight is 445 g/mol. The van der Waals surface area contributed by atoms with Crippen molar-refractivity contribution < 1.29 is 10.2 Å². The summed E-state index contributed by atoms with van der Waals surface area (Å²) in [6, 6.07) is 0. The van der Waals surface area contributed by atoms with Gasteiger partial charge in [0.2, 0.25) is 0 Å². The first-order chi connectivity index (χ1) is 14.8. The summed E-state index contributed by atoms with van der Waals surface area (Å²) in [6.07, 6.45) is 11.9. The molecule has 4 rings (SSSR count). The fourth-order valence-corrected chi connectivity index (χ4v) is 10.3. The highest BCUT2D eigenvalue weighted by molar-refractivity contribution is 5.16. The molecule has 0 amide bonds. The fourth-order valence-electron chi connectivity index (χ4n) is 10.3. The second-order valence-corrected chi connectivity index (χ2v) is 14.2. The van der Waals surface area contributed by atoms with Crippen molar-refractivity contribution in [3.8, 4) is 0 Å². The Kier molecular flexibility index (Phi) is 6.28. The van der Waals surface area contributed by atoms with Crippen LogP contribution in [0, 0.1) is 51.2 Å². The van der Waals surface area contributed by atoms with E-state index in [1.807, 2.05) is 6.92 Å². The molecular formula is C30H52O2. The molecule has 10 unspecified atom stereocenters. The topological polar surface area (TPSA) is 40.5 Å². The Bertz CT molecular complexity index is 726. The van der Waals surface area contributed by atoms with Crippen LogP contribution in [0.3, 0.4) is 0 Å². The third kappa shape index (κ3) is 3.40. The normalized spacial score (nSPS) is 49.5. The summed E-state index contributed by atoms with van der Waals surface area (Å²) in [5, 5.41) is 21.1. The summed E-state index contributed by atoms with van der Waals surface area (Å²) < 4.78 is 0. The van der Waals surface area contributed by atoms with Gasteiger partial charge in [-0.25, -0.2) is 0 Å². The fraction of sp³-hybridized carbons (Fsp3) is 0.933. The third-order valence-corrected chi connectivity index (χ3v) is 12.7. The summed E-state index contributed by atoms with van der Waals surface area (Å²) in [6.45, 7) is 21.0. The first kappa shape index (κ1) is 24.8. The quantitative estimate of drug-likeness (QED) is 0.434. The number of rotatable bonds is 5. The second kappa shape index (κ2) is 8.11. The zero-order valence-electron chi connectivity index (χ0n) is 22.2. The van der Waals surface area contributed by atoms with Crippen LogP contribution in [0.5, 0.6) is 0 Å². The first-order valence-electron chi connectivity index (χ1n) is 13.8. The third-order valence-electron chi connectivity index (χ3n) is 12.7. The molecule has 32 heavy (non-hydrogen) atoms. The Morgan fingerprint density at radius 2 is 1.53 bits per heavy atom. The molecule has 0 aromatic carbocycles. The molecule has 0 aliphatic heterocycles. The number of fused-ring (bicyclic) bond motifs is 5. The van der Waals surface area contributed by atoms with Gasteiger partial charge in [-0.05, 0) is 122 Å². The highest BCUT2D eigenvalue weighted by Crippen LogP contribution is 2.74. The summed E-state index contributed by atoms with van der Waals surface area (Å²) in [5.74, 6) is 3.77. The minimum atomic E-state index is -0.339. The van der Waals surface area contributed by atoms with Crippen LogP contribution in [0.4, 0.5) is 0 Å². The van der Waals surface area contributed by atoms with E-state index in [0.29, 0.717) is 28.1 Å². The molecule has 0 aromatic rings. The minimum absolute atomic E-state index is 0.0521. The van der Waals surface area contributed by atoms with Gasteiger partial charge in [-0.3, -0.25) is 0 Å². The maximum atomic E-state index is 10.8. The molecule has 2 N–H and O–H groups in total. The molecule has 0 heterocycles. The number of aliphatic hydroxyl groups is 2. The second-order valence-electron chi connectivity index (χ2n) is 14.2. The van der Waals surface area contributed by atoms with Crippen molar-refractivity contribution in [2.75, 3.05) is 0 Å². The maximum Gasteiger partial charge on any atom is 0.0744 e. The minimum Gasteiger partial charge on any atom is -0.393 e. The SMILES string of the molecule is C=C(C)C(O)CCC(C)C1CCC2(C)C3CCC4C(C)(C)C(O)CCC4(C)C3CCC12C. The van der Waals surface area contributed by atoms with Gasteiger partial charge in [-0.2, -0.15) is 0 Å². The zero-order chi connectivity index (χ0) is 23.7. The first-order valence-corrected chi connectivity index (χ1v) is 13.8. The molecule has 0 spiro atoms. The van der Waals surface area contributed by atoms with Crippen LogP contribution in [-0.2, 0) is 0 Å². The molecular weight excluding hydrogens is 392 g/mol. The van der Waals surface area contributed by atoms with Gasteiger partial charge in [0.15, 0.2) is 0 Å². The lowest BCUT2D eigenvalue weighted by Gasteiger charge is -2.67. The van der Waals surface area contributed by atoms with Gasteiger partial charge >= 0.3 is 0 Å². The van der Waals surface area contributed by atoms with Crippen LogP contribution >= 0.6 is 0 Å². The lowest BCUT2D eigenvalue weighted by molar-refractivity contribution is -0.200. The van der Waals surface area contributed by atoms with E-state index in [4.69, 9.17) is 0 Å². The largest absolute Gasteiger partial charge is 0.393 e. The lowest BCUT2D eigenvalue weighted by Crippen LogP contribution is -2.61. The smallest absolute Gasteiger partial charge is 0.0744 e. The van der Waals surface area contributed by atoms with E-state index < -0.39 is 0 Å². The number of hydrogen-bond donors (Lipinski definition) is 2. The summed E-state index contributed by atoms with van der Waals surface area (Å²) in [4.78, 5) is 0. The van der Waals surface area contributed by atoms with Crippen molar-refractivity contribution >= 4 is 0 Å².